The molecule has 1 aromatic carbocycles. The molecule has 1 aromatic heterocycles. The molecule has 0 aliphatic rings. The number of hydrogen-bond donors (Lipinski definition) is 2. The molecule has 21 heavy (non-hydrogen) atoms. The number of sulfonamides is 1. The number of rotatable bonds is 3. The predicted molar refractivity (Wildman–Crippen MR) is 70.3 cm³/mol. The molecule has 0 saturated carbocycles. The van der Waals surface area contributed by atoms with Gasteiger partial charge in [0.25, 0.3) is 10.0 Å². The minimum absolute atomic E-state index is 0.153. The molecule has 2 aromatic rings. The summed E-state index contributed by atoms with van der Waals surface area (Å²) in [4.78, 5) is -0.153. The van der Waals surface area contributed by atoms with Crippen molar-refractivity contribution in [1.29, 1.82) is 0 Å². The number of nitrogens with one attached hydrogen (secondary N) is 2. The second-order valence-electron chi connectivity index (χ2n) is 4.41. The standard InChI is InChI=1S/C12H12F3N3O2S/c1-7-11(8(2)17-16-7)21(19,20)18-10-6-4-3-5-9(10)12(13,14)15/h3-6,18H,1-2H3,(H,16,17). The van der Waals surface area contributed by atoms with Crippen LogP contribution in [-0.2, 0) is 16.2 Å². The molecule has 0 amide bonds. The van der Waals surface area contributed by atoms with Gasteiger partial charge in [0.05, 0.1) is 22.6 Å². The fraction of sp³-hybridized carbons (Fsp3) is 0.250. The summed E-state index contributed by atoms with van der Waals surface area (Å²) in [6.45, 7) is 2.93. The van der Waals surface area contributed by atoms with E-state index in [2.05, 4.69) is 10.2 Å². The van der Waals surface area contributed by atoms with Gasteiger partial charge in [-0.2, -0.15) is 18.3 Å². The van der Waals surface area contributed by atoms with Gasteiger partial charge in [0.15, 0.2) is 0 Å². The van der Waals surface area contributed by atoms with E-state index in [-0.39, 0.29) is 16.3 Å². The number of hydrogen-bond acceptors (Lipinski definition) is 3. The molecular formula is C12H12F3N3O2S. The molecule has 0 saturated heterocycles. The zero-order valence-corrected chi connectivity index (χ0v) is 11.9. The number of anilines is 1. The largest absolute Gasteiger partial charge is 0.418 e. The summed E-state index contributed by atoms with van der Waals surface area (Å²) in [5.41, 5.74) is -1.13. The molecule has 0 radical (unpaired) electrons. The number of H-pyrrole nitrogens is 1. The van der Waals surface area contributed by atoms with E-state index in [1.54, 1.807) is 0 Å². The van der Waals surface area contributed by atoms with E-state index in [1.165, 1.54) is 26.0 Å². The van der Waals surface area contributed by atoms with Gasteiger partial charge in [-0.25, -0.2) is 8.42 Å². The molecule has 1 heterocycles. The Hall–Kier alpha value is -2.03. The quantitative estimate of drug-likeness (QED) is 0.913. The fourth-order valence-electron chi connectivity index (χ4n) is 1.95. The third kappa shape index (κ3) is 3.02. The number of alkyl halides is 3. The van der Waals surface area contributed by atoms with Gasteiger partial charge in [0.1, 0.15) is 4.90 Å². The van der Waals surface area contributed by atoms with Gasteiger partial charge in [-0.15, -0.1) is 0 Å². The molecule has 0 bridgehead atoms. The first-order valence-electron chi connectivity index (χ1n) is 5.83. The van der Waals surface area contributed by atoms with Crippen molar-refractivity contribution in [3.8, 4) is 0 Å². The number of para-hydroxylation sites is 1. The molecule has 0 atom stereocenters. The molecule has 0 fully saturated rings. The fourth-order valence-corrected chi connectivity index (χ4v) is 3.40. The molecule has 114 valence electrons. The van der Waals surface area contributed by atoms with Crippen LogP contribution in [0.2, 0.25) is 0 Å². The van der Waals surface area contributed by atoms with E-state index in [0.717, 1.165) is 12.1 Å². The smallest absolute Gasteiger partial charge is 0.281 e. The van der Waals surface area contributed by atoms with Crippen molar-refractivity contribution in [2.24, 2.45) is 0 Å². The number of aromatic nitrogens is 2. The van der Waals surface area contributed by atoms with Crippen LogP contribution in [0.5, 0.6) is 0 Å². The summed E-state index contributed by atoms with van der Waals surface area (Å²) >= 11 is 0. The Morgan fingerprint density at radius 1 is 1.19 bits per heavy atom. The van der Waals surface area contributed by atoms with Gasteiger partial charge in [0.2, 0.25) is 0 Å². The zero-order chi connectivity index (χ0) is 15.8. The highest BCUT2D eigenvalue weighted by atomic mass is 32.2. The van der Waals surface area contributed by atoms with Crippen LogP contribution in [0.3, 0.4) is 0 Å². The molecule has 9 heteroatoms. The number of nitrogens with zero attached hydrogens (tertiary/aromatic N) is 1. The van der Waals surface area contributed by atoms with Gasteiger partial charge in [-0.3, -0.25) is 9.82 Å². The molecule has 2 rings (SSSR count). The van der Waals surface area contributed by atoms with Gasteiger partial charge in [0, 0.05) is 0 Å². The molecular weight excluding hydrogens is 307 g/mol. The van der Waals surface area contributed by atoms with Crippen LogP contribution in [0, 0.1) is 13.8 Å². The zero-order valence-electron chi connectivity index (χ0n) is 11.1. The number of aryl methyl sites for hydroxylation is 2. The maximum Gasteiger partial charge on any atom is 0.418 e. The lowest BCUT2D eigenvalue weighted by atomic mass is 10.2. The van der Waals surface area contributed by atoms with Crippen molar-refractivity contribution in [1.82, 2.24) is 10.2 Å². The molecule has 0 spiro atoms. The minimum Gasteiger partial charge on any atom is -0.281 e. The van der Waals surface area contributed by atoms with Gasteiger partial charge < -0.3 is 0 Å². The normalized spacial score (nSPS) is 12.4. The monoisotopic (exact) mass is 319 g/mol. The van der Waals surface area contributed by atoms with E-state index in [9.17, 15) is 21.6 Å². The van der Waals surface area contributed by atoms with Crippen LogP contribution in [-0.4, -0.2) is 18.6 Å². The maximum atomic E-state index is 12.9. The first-order valence-corrected chi connectivity index (χ1v) is 7.32. The Kier molecular flexibility index (Phi) is 3.70. The van der Waals surface area contributed by atoms with E-state index >= 15 is 0 Å². The van der Waals surface area contributed by atoms with Crippen molar-refractivity contribution in [2.75, 3.05) is 4.72 Å². The lowest BCUT2D eigenvalue weighted by molar-refractivity contribution is -0.136. The minimum atomic E-state index is -4.65. The van der Waals surface area contributed by atoms with Crippen molar-refractivity contribution in [3.05, 3.63) is 41.2 Å². The van der Waals surface area contributed by atoms with Gasteiger partial charge in [-0.05, 0) is 26.0 Å². The Morgan fingerprint density at radius 2 is 1.81 bits per heavy atom. The molecule has 0 unspecified atom stereocenters. The van der Waals surface area contributed by atoms with E-state index < -0.39 is 27.5 Å². The molecule has 2 N–H and O–H groups in total. The first-order chi connectivity index (χ1) is 9.63. The Morgan fingerprint density at radius 3 is 2.33 bits per heavy atom. The Labute approximate surface area is 119 Å². The van der Waals surface area contributed by atoms with Crippen molar-refractivity contribution < 1.29 is 21.6 Å². The highest BCUT2D eigenvalue weighted by Gasteiger charge is 2.34. The molecule has 0 aliphatic heterocycles. The number of benzene rings is 1. The number of halogens is 3. The summed E-state index contributed by atoms with van der Waals surface area (Å²) < 4.78 is 65.1. The summed E-state index contributed by atoms with van der Waals surface area (Å²) in [5, 5.41) is 6.21. The van der Waals surface area contributed by atoms with Crippen molar-refractivity contribution >= 4 is 15.7 Å². The lowest BCUT2D eigenvalue weighted by Gasteiger charge is -2.14. The summed E-state index contributed by atoms with van der Waals surface area (Å²) in [5.74, 6) is 0. The summed E-state index contributed by atoms with van der Waals surface area (Å²) in [6.07, 6.45) is -4.65. The van der Waals surface area contributed by atoms with Gasteiger partial charge >= 0.3 is 6.18 Å². The first kappa shape index (κ1) is 15.4. The van der Waals surface area contributed by atoms with Crippen LogP contribution in [0.4, 0.5) is 18.9 Å². The summed E-state index contributed by atoms with van der Waals surface area (Å²) in [7, 11) is -4.16. The Balaban J connectivity index is 2.48. The van der Waals surface area contributed by atoms with Crippen LogP contribution in [0.1, 0.15) is 17.0 Å². The van der Waals surface area contributed by atoms with Crippen molar-refractivity contribution in [3.63, 3.8) is 0 Å². The Bertz CT molecular complexity index is 747. The highest BCUT2D eigenvalue weighted by Crippen LogP contribution is 2.35. The summed E-state index contributed by atoms with van der Waals surface area (Å²) in [6, 6.07) is 4.38. The SMILES string of the molecule is Cc1n[nH]c(C)c1S(=O)(=O)Nc1ccccc1C(F)(F)F. The number of aromatic amines is 1. The second kappa shape index (κ2) is 5.06. The third-order valence-electron chi connectivity index (χ3n) is 2.81. The second-order valence-corrected chi connectivity index (χ2v) is 6.03. The van der Waals surface area contributed by atoms with E-state index in [1.807, 2.05) is 4.72 Å². The third-order valence-corrected chi connectivity index (χ3v) is 4.43. The highest BCUT2D eigenvalue weighted by molar-refractivity contribution is 7.92. The van der Waals surface area contributed by atoms with E-state index in [4.69, 9.17) is 0 Å². The molecule has 5 nitrogen and oxygen atoms in total. The average molecular weight is 319 g/mol. The predicted octanol–water partition coefficient (Wildman–Crippen LogP) is 2.85. The average Bonchev–Trinajstić information content (AvgIpc) is 2.68. The molecule has 0 aliphatic carbocycles. The maximum absolute atomic E-state index is 12.9. The lowest BCUT2D eigenvalue weighted by Crippen LogP contribution is -2.18. The van der Waals surface area contributed by atoms with E-state index in [0.29, 0.717) is 0 Å². The van der Waals surface area contributed by atoms with Crippen molar-refractivity contribution in [2.45, 2.75) is 24.9 Å². The topological polar surface area (TPSA) is 74.8 Å². The van der Waals surface area contributed by atoms with Gasteiger partial charge in [-0.1, -0.05) is 12.1 Å². The van der Waals surface area contributed by atoms with Crippen LogP contribution in [0.15, 0.2) is 29.2 Å². The van der Waals surface area contributed by atoms with Crippen LogP contribution >= 0.6 is 0 Å². The van der Waals surface area contributed by atoms with Crippen LogP contribution in [0.25, 0.3) is 0 Å². The van der Waals surface area contributed by atoms with Crippen LogP contribution < -0.4 is 4.72 Å².